The first kappa shape index (κ1) is 14.5. The van der Waals surface area contributed by atoms with Crippen LogP contribution in [0, 0.1) is 6.92 Å². The summed E-state index contributed by atoms with van der Waals surface area (Å²) >= 11 is 1.42. The van der Waals surface area contributed by atoms with Gasteiger partial charge < -0.3 is 5.32 Å². The van der Waals surface area contributed by atoms with Gasteiger partial charge in [0.05, 0.1) is 0 Å². The number of carbonyl (C=O) groups is 1. The van der Waals surface area contributed by atoms with Crippen molar-refractivity contribution in [2.45, 2.75) is 25.4 Å². The molecule has 0 radical (unpaired) electrons. The topological polar surface area (TPSA) is 54.9 Å². The number of thioether (sulfide) groups is 1. The van der Waals surface area contributed by atoms with Crippen LogP contribution in [-0.2, 0) is 6.42 Å². The maximum atomic E-state index is 12.2. The van der Waals surface area contributed by atoms with E-state index in [2.05, 4.69) is 22.2 Å². The van der Waals surface area contributed by atoms with E-state index in [1.807, 2.05) is 37.4 Å². The first-order valence-electron chi connectivity index (χ1n) is 6.42. The monoisotopic (exact) mass is 287 g/mol. The smallest absolute Gasteiger partial charge is 0.274 e. The Labute approximate surface area is 123 Å². The molecule has 0 aliphatic rings. The van der Waals surface area contributed by atoms with Crippen LogP contribution in [0.3, 0.4) is 0 Å². The van der Waals surface area contributed by atoms with Crippen LogP contribution in [0.2, 0.25) is 0 Å². The lowest BCUT2D eigenvalue weighted by molar-refractivity contribution is 0.102. The highest BCUT2D eigenvalue weighted by Crippen LogP contribution is 2.14. The summed E-state index contributed by atoms with van der Waals surface area (Å²) in [6.07, 6.45) is 2.87. The summed E-state index contributed by atoms with van der Waals surface area (Å²) in [6, 6.07) is 9.51. The van der Waals surface area contributed by atoms with Gasteiger partial charge in [-0.05, 0) is 43.4 Å². The van der Waals surface area contributed by atoms with Crippen LogP contribution in [0.25, 0.3) is 0 Å². The Balaban J connectivity index is 2.16. The Morgan fingerprint density at radius 3 is 2.55 bits per heavy atom. The fourth-order valence-corrected chi connectivity index (χ4v) is 2.19. The molecule has 1 heterocycles. The molecule has 20 heavy (non-hydrogen) atoms. The number of amides is 1. The van der Waals surface area contributed by atoms with Crippen molar-refractivity contribution in [3.63, 3.8) is 0 Å². The summed E-state index contributed by atoms with van der Waals surface area (Å²) in [6.45, 7) is 3.95. The van der Waals surface area contributed by atoms with Crippen molar-refractivity contribution in [1.82, 2.24) is 9.97 Å². The number of aryl methyl sites for hydroxylation is 2. The third kappa shape index (κ3) is 3.57. The van der Waals surface area contributed by atoms with E-state index >= 15 is 0 Å². The van der Waals surface area contributed by atoms with Crippen molar-refractivity contribution < 1.29 is 4.79 Å². The largest absolute Gasteiger partial charge is 0.321 e. The summed E-state index contributed by atoms with van der Waals surface area (Å²) in [5.41, 5.74) is 3.19. The van der Waals surface area contributed by atoms with Crippen molar-refractivity contribution in [3.05, 3.63) is 47.3 Å². The molecule has 1 aromatic carbocycles. The molecule has 2 rings (SSSR count). The van der Waals surface area contributed by atoms with Crippen molar-refractivity contribution in [1.29, 1.82) is 0 Å². The van der Waals surface area contributed by atoms with Gasteiger partial charge in [-0.25, -0.2) is 9.97 Å². The minimum atomic E-state index is -0.213. The molecule has 1 aromatic heterocycles. The molecule has 0 unspecified atom stereocenters. The number of rotatable bonds is 4. The second kappa shape index (κ2) is 6.52. The molecule has 0 spiro atoms. The van der Waals surface area contributed by atoms with Crippen LogP contribution >= 0.6 is 11.8 Å². The lowest BCUT2D eigenvalue weighted by Crippen LogP contribution is -2.14. The van der Waals surface area contributed by atoms with E-state index in [0.717, 1.165) is 17.8 Å². The Kier molecular flexibility index (Phi) is 4.74. The summed E-state index contributed by atoms with van der Waals surface area (Å²) in [5, 5.41) is 3.46. The predicted molar refractivity (Wildman–Crippen MR) is 82.3 cm³/mol. The molecular formula is C15H17N3OS. The average Bonchev–Trinajstić information content (AvgIpc) is 2.47. The van der Waals surface area contributed by atoms with Gasteiger partial charge in [0.2, 0.25) is 0 Å². The van der Waals surface area contributed by atoms with Gasteiger partial charge in [-0.2, -0.15) is 0 Å². The van der Waals surface area contributed by atoms with Crippen molar-refractivity contribution in [3.8, 4) is 0 Å². The maximum absolute atomic E-state index is 12.2. The molecule has 4 nitrogen and oxygen atoms in total. The molecule has 0 saturated heterocycles. The van der Waals surface area contributed by atoms with E-state index in [-0.39, 0.29) is 5.91 Å². The summed E-state index contributed by atoms with van der Waals surface area (Å²) < 4.78 is 0. The average molecular weight is 287 g/mol. The Bertz CT molecular complexity index is 611. The van der Waals surface area contributed by atoms with Gasteiger partial charge in [0, 0.05) is 11.4 Å². The number of nitrogens with one attached hydrogen (secondary N) is 1. The van der Waals surface area contributed by atoms with Crippen LogP contribution in [-0.4, -0.2) is 22.1 Å². The summed E-state index contributed by atoms with van der Waals surface area (Å²) in [4.78, 5) is 20.6. The number of carbonyl (C=O) groups excluding carboxylic acids is 1. The zero-order valence-corrected chi connectivity index (χ0v) is 12.6. The molecular weight excluding hydrogens is 270 g/mol. The third-order valence-electron chi connectivity index (χ3n) is 2.87. The van der Waals surface area contributed by atoms with E-state index in [9.17, 15) is 4.79 Å². The molecule has 0 saturated carbocycles. The van der Waals surface area contributed by atoms with Crippen LogP contribution < -0.4 is 5.32 Å². The highest BCUT2D eigenvalue weighted by atomic mass is 32.2. The second-order valence-corrected chi connectivity index (χ2v) is 5.16. The number of aromatic nitrogens is 2. The van der Waals surface area contributed by atoms with Crippen molar-refractivity contribution in [2.75, 3.05) is 11.6 Å². The lowest BCUT2D eigenvalue weighted by Gasteiger charge is -2.07. The molecule has 1 amide bonds. The Morgan fingerprint density at radius 1 is 1.25 bits per heavy atom. The van der Waals surface area contributed by atoms with Crippen LogP contribution in [0.1, 0.15) is 28.7 Å². The van der Waals surface area contributed by atoms with Crippen molar-refractivity contribution >= 4 is 23.4 Å². The minimum Gasteiger partial charge on any atom is -0.321 e. The summed E-state index contributed by atoms with van der Waals surface area (Å²) in [5.74, 6) is -0.213. The second-order valence-electron chi connectivity index (χ2n) is 4.39. The molecule has 5 heteroatoms. The number of anilines is 1. The van der Waals surface area contributed by atoms with Crippen molar-refractivity contribution in [2.24, 2.45) is 0 Å². The zero-order chi connectivity index (χ0) is 14.5. The Hall–Kier alpha value is -1.88. The van der Waals surface area contributed by atoms with E-state index < -0.39 is 0 Å². The first-order chi connectivity index (χ1) is 9.62. The highest BCUT2D eigenvalue weighted by molar-refractivity contribution is 7.98. The molecule has 0 aliphatic heterocycles. The number of hydrogen-bond donors (Lipinski definition) is 1. The standard InChI is InChI=1S/C15H17N3OS/c1-4-11-5-7-12(8-6-11)17-14(19)13-9-10(2)16-15(18-13)20-3/h5-9H,4H2,1-3H3,(H,17,19). The Morgan fingerprint density at radius 2 is 1.95 bits per heavy atom. The van der Waals surface area contributed by atoms with Crippen LogP contribution in [0.5, 0.6) is 0 Å². The number of benzene rings is 1. The van der Waals surface area contributed by atoms with E-state index in [1.165, 1.54) is 17.3 Å². The molecule has 1 N–H and O–H groups in total. The van der Waals surface area contributed by atoms with E-state index in [1.54, 1.807) is 6.07 Å². The lowest BCUT2D eigenvalue weighted by atomic mass is 10.1. The zero-order valence-electron chi connectivity index (χ0n) is 11.8. The number of nitrogens with zero attached hydrogens (tertiary/aromatic N) is 2. The van der Waals surface area contributed by atoms with Crippen LogP contribution in [0.15, 0.2) is 35.5 Å². The molecule has 0 bridgehead atoms. The fourth-order valence-electron chi connectivity index (χ4n) is 1.77. The normalized spacial score (nSPS) is 10.3. The van der Waals surface area contributed by atoms with Crippen LogP contribution in [0.4, 0.5) is 5.69 Å². The summed E-state index contributed by atoms with van der Waals surface area (Å²) in [7, 11) is 0. The fraction of sp³-hybridized carbons (Fsp3) is 0.267. The molecule has 104 valence electrons. The van der Waals surface area contributed by atoms with E-state index in [0.29, 0.717) is 10.9 Å². The first-order valence-corrected chi connectivity index (χ1v) is 7.65. The quantitative estimate of drug-likeness (QED) is 0.692. The molecule has 0 atom stereocenters. The van der Waals surface area contributed by atoms with Gasteiger partial charge in [0.25, 0.3) is 5.91 Å². The van der Waals surface area contributed by atoms with Gasteiger partial charge in [-0.3, -0.25) is 4.79 Å². The van der Waals surface area contributed by atoms with Gasteiger partial charge in [-0.15, -0.1) is 0 Å². The molecule has 0 fully saturated rings. The molecule has 0 aliphatic carbocycles. The van der Waals surface area contributed by atoms with Gasteiger partial charge >= 0.3 is 0 Å². The van der Waals surface area contributed by atoms with Gasteiger partial charge in [0.1, 0.15) is 5.69 Å². The highest BCUT2D eigenvalue weighted by Gasteiger charge is 2.10. The van der Waals surface area contributed by atoms with E-state index in [4.69, 9.17) is 0 Å². The van der Waals surface area contributed by atoms with Gasteiger partial charge in [0.15, 0.2) is 5.16 Å². The van der Waals surface area contributed by atoms with Gasteiger partial charge in [-0.1, -0.05) is 30.8 Å². The molecule has 2 aromatic rings. The predicted octanol–water partition coefficient (Wildman–Crippen LogP) is 3.32. The maximum Gasteiger partial charge on any atom is 0.274 e. The minimum absolute atomic E-state index is 0.213. The number of hydrogen-bond acceptors (Lipinski definition) is 4. The third-order valence-corrected chi connectivity index (χ3v) is 3.42. The SMILES string of the molecule is CCc1ccc(NC(=O)c2cc(C)nc(SC)n2)cc1.